The summed E-state index contributed by atoms with van der Waals surface area (Å²) in [6, 6.07) is 14.7. The van der Waals surface area contributed by atoms with Crippen molar-refractivity contribution in [2.24, 2.45) is 5.92 Å². The zero-order chi connectivity index (χ0) is 22.5. The Morgan fingerprint density at radius 3 is 2.62 bits per heavy atom. The van der Waals surface area contributed by atoms with E-state index in [9.17, 15) is 9.90 Å². The average Bonchev–Trinajstić information content (AvgIpc) is 3.34. The number of carbonyl (C=O) groups is 1. The van der Waals surface area contributed by atoms with Gasteiger partial charge in [0, 0.05) is 31.7 Å². The fourth-order valence-electron chi connectivity index (χ4n) is 4.87. The summed E-state index contributed by atoms with van der Waals surface area (Å²) >= 11 is 0. The fourth-order valence-corrected chi connectivity index (χ4v) is 4.87. The lowest BCUT2D eigenvalue weighted by Crippen LogP contribution is -2.41. The van der Waals surface area contributed by atoms with Gasteiger partial charge in [0.2, 0.25) is 5.91 Å². The smallest absolute Gasteiger partial charge is 0.242 e. The number of phenolic OH excluding ortho intramolecular Hbond substituents is 1. The number of carbonyl (C=O) groups excluding carboxylic acids is 1. The highest BCUT2D eigenvalue weighted by molar-refractivity contribution is 5.86. The summed E-state index contributed by atoms with van der Waals surface area (Å²) in [5.74, 6) is 1.04. The van der Waals surface area contributed by atoms with Crippen molar-refractivity contribution in [1.82, 2.24) is 15.8 Å². The summed E-state index contributed by atoms with van der Waals surface area (Å²) in [5, 5.41) is 10.5. The maximum absolute atomic E-state index is 13.4. The number of aromatic hydroxyl groups is 1. The number of hydrogen-bond donors (Lipinski definition) is 3. The van der Waals surface area contributed by atoms with Gasteiger partial charge in [-0.3, -0.25) is 4.79 Å². The number of rotatable bonds is 10. The molecule has 4 atom stereocenters. The molecule has 32 heavy (non-hydrogen) atoms. The number of hydrazine groups is 1. The molecule has 1 amide bonds. The Balaban J connectivity index is 1.68. The Kier molecular flexibility index (Phi) is 7.29. The van der Waals surface area contributed by atoms with E-state index in [1.54, 1.807) is 13.2 Å². The van der Waals surface area contributed by atoms with Crippen molar-refractivity contribution in [3.63, 3.8) is 0 Å². The standard InChI is InChI=1S/C25H33N3O4/c1-3-4-15-32-18-10-7-9-17(16-18)24-21-22(19-11-5-6-12-20(19)29)26-27-23(21)25(30)28(24)13-8-14-31-2/h5-7,9-12,16,21-24,26-27,29H,3-4,8,13-15H2,1-2H3. The second kappa shape index (κ2) is 10.3. The Morgan fingerprint density at radius 1 is 1.03 bits per heavy atom. The number of nitrogens with one attached hydrogen (secondary N) is 2. The molecule has 2 aliphatic heterocycles. The zero-order valence-corrected chi connectivity index (χ0v) is 18.8. The predicted molar refractivity (Wildman–Crippen MR) is 122 cm³/mol. The second-order valence-corrected chi connectivity index (χ2v) is 8.48. The average molecular weight is 440 g/mol. The topological polar surface area (TPSA) is 83.1 Å². The Hall–Kier alpha value is -2.61. The van der Waals surface area contributed by atoms with Crippen LogP contribution in [0.1, 0.15) is 49.4 Å². The highest BCUT2D eigenvalue weighted by Crippen LogP contribution is 2.48. The molecule has 172 valence electrons. The highest BCUT2D eigenvalue weighted by atomic mass is 16.5. The maximum Gasteiger partial charge on any atom is 0.242 e. The quantitative estimate of drug-likeness (QED) is 0.493. The van der Waals surface area contributed by atoms with E-state index in [-0.39, 0.29) is 35.7 Å². The van der Waals surface area contributed by atoms with E-state index in [0.717, 1.165) is 36.1 Å². The van der Waals surface area contributed by atoms with E-state index >= 15 is 0 Å². The summed E-state index contributed by atoms with van der Waals surface area (Å²) < 4.78 is 11.2. The van der Waals surface area contributed by atoms with E-state index in [2.05, 4.69) is 29.9 Å². The van der Waals surface area contributed by atoms with Crippen LogP contribution in [0.2, 0.25) is 0 Å². The number of phenols is 1. The van der Waals surface area contributed by atoms with Crippen LogP contribution in [0.4, 0.5) is 0 Å². The van der Waals surface area contributed by atoms with Gasteiger partial charge in [-0.25, -0.2) is 10.9 Å². The number of ether oxygens (including phenoxy) is 2. The summed E-state index contributed by atoms with van der Waals surface area (Å²) in [6.45, 7) is 4.03. The number of nitrogens with zero attached hydrogens (tertiary/aromatic N) is 1. The van der Waals surface area contributed by atoms with Gasteiger partial charge < -0.3 is 19.5 Å². The van der Waals surface area contributed by atoms with E-state index in [0.29, 0.717) is 19.8 Å². The van der Waals surface area contributed by atoms with Crippen molar-refractivity contribution in [1.29, 1.82) is 0 Å². The van der Waals surface area contributed by atoms with Crippen LogP contribution in [-0.4, -0.2) is 48.8 Å². The normalized spacial score (nSPS) is 24.7. The molecular weight excluding hydrogens is 406 g/mol. The third-order valence-electron chi connectivity index (χ3n) is 6.40. The predicted octanol–water partition coefficient (Wildman–Crippen LogP) is 3.32. The van der Waals surface area contributed by atoms with Gasteiger partial charge in [-0.15, -0.1) is 0 Å². The molecule has 3 N–H and O–H groups in total. The first kappa shape index (κ1) is 22.6. The molecule has 2 saturated heterocycles. The Bertz CT molecular complexity index is 922. The van der Waals surface area contributed by atoms with Crippen LogP contribution in [0.5, 0.6) is 11.5 Å². The summed E-state index contributed by atoms with van der Waals surface area (Å²) in [6.07, 6.45) is 2.84. The fraction of sp³-hybridized carbons (Fsp3) is 0.480. The van der Waals surface area contributed by atoms with Crippen molar-refractivity contribution in [3.8, 4) is 11.5 Å². The molecule has 4 rings (SSSR count). The van der Waals surface area contributed by atoms with Crippen molar-refractivity contribution in [3.05, 3.63) is 59.7 Å². The molecule has 7 nitrogen and oxygen atoms in total. The number of fused-ring (bicyclic) bond motifs is 1. The maximum atomic E-state index is 13.4. The van der Waals surface area contributed by atoms with Crippen LogP contribution in [0, 0.1) is 5.92 Å². The van der Waals surface area contributed by atoms with Crippen LogP contribution in [-0.2, 0) is 9.53 Å². The van der Waals surface area contributed by atoms with Crippen LogP contribution < -0.4 is 15.6 Å². The number of amides is 1. The third kappa shape index (κ3) is 4.46. The molecule has 7 heteroatoms. The number of benzene rings is 2. The molecule has 0 aromatic heterocycles. The lowest BCUT2D eigenvalue weighted by molar-refractivity contribution is -0.131. The minimum atomic E-state index is -0.364. The van der Waals surface area contributed by atoms with Gasteiger partial charge >= 0.3 is 0 Å². The monoisotopic (exact) mass is 439 g/mol. The van der Waals surface area contributed by atoms with E-state index in [1.807, 2.05) is 35.2 Å². The van der Waals surface area contributed by atoms with Gasteiger partial charge in [0.05, 0.1) is 18.7 Å². The molecule has 0 radical (unpaired) electrons. The molecule has 0 aliphatic carbocycles. The van der Waals surface area contributed by atoms with E-state index in [4.69, 9.17) is 9.47 Å². The largest absolute Gasteiger partial charge is 0.508 e. The van der Waals surface area contributed by atoms with Gasteiger partial charge in [-0.1, -0.05) is 43.7 Å². The number of likely N-dealkylation sites (tertiary alicyclic amines) is 1. The zero-order valence-electron chi connectivity index (χ0n) is 18.8. The minimum absolute atomic E-state index is 0.0684. The first-order valence-corrected chi connectivity index (χ1v) is 11.5. The molecule has 2 aliphatic rings. The number of hydrogen-bond acceptors (Lipinski definition) is 6. The van der Waals surface area contributed by atoms with Gasteiger partial charge in [0.1, 0.15) is 17.5 Å². The molecule has 2 heterocycles. The number of methoxy groups -OCH3 is 1. The van der Waals surface area contributed by atoms with E-state index < -0.39 is 0 Å². The van der Waals surface area contributed by atoms with Gasteiger partial charge in [0.15, 0.2) is 0 Å². The van der Waals surface area contributed by atoms with Crippen molar-refractivity contribution in [2.75, 3.05) is 26.9 Å². The second-order valence-electron chi connectivity index (χ2n) is 8.48. The molecule has 0 saturated carbocycles. The van der Waals surface area contributed by atoms with Crippen LogP contribution in [0.3, 0.4) is 0 Å². The van der Waals surface area contributed by atoms with Crippen LogP contribution in [0.25, 0.3) is 0 Å². The number of unbranched alkanes of at least 4 members (excludes halogenated alkanes) is 1. The molecule has 2 aromatic rings. The molecule has 0 bridgehead atoms. The lowest BCUT2D eigenvalue weighted by atomic mass is 9.83. The molecular formula is C25H33N3O4. The molecule has 2 fully saturated rings. The Morgan fingerprint density at radius 2 is 1.84 bits per heavy atom. The third-order valence-corrected chi connectivity index (χ3v) is 6.40. The van der Waals surface area contributed by atoms with Gasteiger partial charge in [-0.05, 0) is 36.6 Å². The van der Waals surface area contributed by atoms with E-state index in [1.165, 1.54) is 0 Å². The summed E-state index contributed by atoms with van der Waals surface area (Å²) in [5.41, 5.74) is 8.32. The first-order chi connectivity index (χ1) is 15.7. The van der Waals surface area contributed by atoms with Crippen molar-refractivity contribution < 1.29 is 19.4 Å². The SMILES string of the molecule is CCCCOc1cccc(C2C3C(NNC3c3ccccc3O)C(=O)N2CCCOC)c1. The van der Waals surface area contributed by atoms with Gasteiger partial charge in [0.25, 0.3) is 0 Å². The molecule has 0 spiro atoms. The first-order valence-electron chi connectivity index (χ1n) is 11.5. The summed E-state index contributed by atoms with van der Waals surface area (Å²) in [7, 11) is 1.68. The molecule has 2 aromatic carbocycles. The van der Waals surface area contributed by atoms with Gasteiger partial charge in [-0.2, -0.15) is 0 Å². The van der Waals surface area contributed by atoms with Crippen LogP contribution in [0.15, 0.2) is 48.5 Å². The molecule has 4 unspecified atom stereocenters. The minimum Gasteiger partial charge on any atom is -0.508 e. The van der Waals surface area contributed by atoms with Crippen LogP contribution >= 0.6 is 0 Å². The summed E-state index contributed by atoms with van der Waals surface area (Å²) in [4.78, 5) is 15.4. The highest BCUT2D eigenvalue weighted by Gasteiger charge is 2.55. The van der Waals surface area contributed by atoms with Crippen molar-refractivity contribution in [2.45, 2.75) is 44.3 Å². The van der Waals surface area contributed by atoms with Crippen molar-refractivity contribution >= 4 is 5.91 Å². The number of para-hydroxylation sites is 1. The lowest BCUT2D eigenvalue weighted by Gasteiger charge is -2.31. The Labute approximate surface area is 189 Å².